The SMILES string of the molecule is CS(=O)(=O)c1ccc(CC2CC2C(=O)O)cc1. The molecule has 0 radical (unpaired) electrons. The van der Waals surface area contributed by atoms with E-state index < -0.39 is 15.8 Å². The average molecular weight is 254 g/mol. The Morgan fingerprint density at radius 3 is 2.35 bits per heavy atom. The quantitative estimate of drug-likeness (QED) is 0.880. The predicted octanol–water partition coefficient (Wildman–Crippen LogP) is 1.35. The summed E-state index contributed by atoms with van der Waals surface area (Å²) in [6.45, 7) is 0. The van der Waals surface area contributed by atoms with E-state index in [-0.39, 0.29) is 11.8 Å². The van der Waals surface area contributed by atoms with Crippen LogP contribution in [0.15, 0.2) is 29.2 Å². The summed E-state index contributed by atoms with van der Waals surface area (Å²) >= 11 is 0. The molecule has 0 amide bonds. The number of carbonyl (C=O) groups is 1. The van der Waals surface area contributed by atoms with E-state index in [1.807, 2.05) is 0 Å². The summed E-state index contributed by atoms with van der Waals surface area (Å²) in [7, 11) is -3.15. The topological polar surface area (TPSA) is 71.4 Å². The molecule has 92 valence electrons. The first-order chi connectivity index (χ1) is 7.88. The number of sulfone groups is 1. The summed E-state index contributed by atoms with van der Waals surface area (Å²) in [6, 6.07) is 6.66. The summed E-state index contributed by atoms with van der Waals surface area (Å²) in [4.78, 5) is 11.0. The Bertz CT molecular complexity index is 530. The molecule has 0 heterocycles. The maximum atomic E-state index is 11.2. The van der Waals surface area contributed by atoms with Crippen molar-refractivity contribution in [3.63, 3.8) is 0 Å². The molecule has 2 unspecified atom stereocenters. The molecule has 1 saturated carbocycles. The minimum absolute atomic E-state index is 0.205. The largest absolute Gasteiger partial charge is 0.481 e. The Labute approximate surface area is 100 Å². The van der Waals surface area contributed by atoms with Crippen LogP contribution in [-0.2, 0) is 21.1 Å². The van der Waals surface area contributed by atoms with Crippen LogP contribution in [0.2, 0.25) is 0 Å². The number of benzene rings is 1. The third-order valence-corrected chi connectivity index (χ3v) is 4.22. The first-order valence-electron chi connectivity index (χ1n) is 5.40. The van der Waals surface area contributed by atoms with E-state index in [4.69, 9.17) is 5.11 Å². The van der Waals surface area contributed by atoms with Crippen LogP contribution < -0.4 is 0 Å². The van der Waals surface area contributed by atoms with Crippen molar-refractivity contribution in [3.8, 4) is 0 Å². The van der Waals surface area contributed by atoms with Gasteiger partial charge in [0.1, 0.15) is 0 Å². The van der Waals surface area contributed by atoms with Gasteiger partial charge in [-0.1, -0.05) is 12.1 Å². The fourth-order valence-electron chi connectivity index (χ4n) is 1.95. The van der Waals surface area contributed by atoms with Crippen LogP contribution in [0.4, 0.5) is 0 Å². The van der Waals surface area contributed by atoms with Gasteiger partial charge in [-0.2, -0.15) is 0 Å². The van der Waals surface area contributed by atoms with Crippen LogP contribution >= 0.6 is 0 Å². The lowest BCUT2D eigenvalue weighted by molar-refractivity contribution is -0.138. The van der Waals surface area contributed by atoms with Crippen molar-refractivity contribution in [2.45, 2.75) is 17.7 Å². The number of rotatable bonds is 4. The van der Waals surface area contributed by atoms with E-state index in [1.54, 1.807) is 24.3 Å². The van der Waals surface area contributed by atoms with Crippen LogP contribution in [-0.4, -0.2) is 25.7 Å². The van der Waals surface area contributed by atoms with Gasteiger partial charge in [0.15, 0.2) is 9.84 Å². The molecule has 1 aromatic rings. The van der Waals surface area contributed by atoms with Gasteiger partial charge in [-0.3, -0.25) is 4.79 Å². The average Bonchev–Trinajstić information content (AvgIpc) is 2.96. The fourth-order valence-corrected chi connectivity index (χ4v) is 2.58. The van der Waals surface area contributed by atoms with Gasteiger partial charge < -0.3 is 5.11 Å². The zero-order valence-electron chi connectivity index (χ0n) is 9.46. The van der Waals surface area contributed by atoms with Crippen LogP contribution in [0.25, 0.3) is 0 Å². The normalized spacial score (nSPS) is 23.4. The highest BCUT2D eigenvalue weighted by molar-refractivity contribution is 7.90. The van der Waals surface area contributed by atoms with Crippen molar-refractivity contribution in [2.75, 3.05) is 6.26 Å². The van der Waals surface area contributed by atoms with Crippen LogP contribution in [0.5, 0.6) is 0 Å². The molecule has 4 nitrogen and oxygen atoms in total. The highest BCUT2D eigenvalue weighted by atomic mass is 32.2. The van der Waals surface area contributed by atoms with Gasteiger partial charge in [-0.05, 0) is 36.5 Å². The summed E-state index contributed by atoms with van der Waals surface area (Å²) in [5.74, 6) is -0.746. The second kappa shape index (κ2) is 4.14. The molecular weight excluding hydrogens is 240 g/mol. The van der Waals surface area contributed by atoms with Gasteiger partial charge in [0.25, 0.3) is 0 Å². The third-order valence-electron chi connectivity index (χ3n) is 3.09. The van der Waals surface area contributed by atoms with Gasteiger partial charge >= 0.3 is 5.97 Å². The highest BCUT2D eigenvalue weighted by Crippen LogP contribution is 2.41. The Hall–Kier alpha value is -1.36. The first-order valence-corrected chi connectivity index (χ1v) is 7.29. The number of hydrogen-bond donors (Lipinski definition) is 1. The Morgan fingerprint density at radius 1 is 1.35 bits per heavy atom. The van der Waals surface area contributed by atoms with Crippen molar-refractivity contribution >= 4 is 15.8 Å². The van der Waals surface area contributed by atoms with Gasteiger partial charge in [0.2, 0.25) is 0 Å². The molecule has 0 spiro atoms. The summed E-state index contributed by atoms with van der Waals surface area (Å²) in [5.41, 5.74) is 0.992. The molecule has 0 aromatic heterocycles. The zero-order valence-corrected chi connectivity index (χ0v) is 10.3. The Balaban J connectivity index is 2.03. The molecule has 1 N–H and O–H groups in total. The zero-order chi connectivity index (χ0) is 12.6. The minimum Gasteiger partial charge on any atom is -0.481 e. The molecule has 0 saturated heterocycles. The number of carboxylic acids is 1. The molecule has 1 aromatic carbocycles. The Morgan fingerprint density at radius 2 is 1.94 bits per heavy atom. The van der Waals surface area contributed by atoms with E-state index >= 15 is 0 Å². The van der Waals surface area contributed by atoms with Crippen LogP contribution in [0, 0.1) is 11.8 Å². The monoisotopic (exact) mass is 254 g/mol. The lowest BCUT2D eigenvalue weighted by atomic mass is 10.1. The van der Waals surface area contributed by atoms with Crippen molar-refractivity contribution in [3.05, 3.63) is 29.8 Å². The van der Waals surface area contributed by atoms with E-state index in [1.165, 1.54) is 6.26 Å². The molecule has 5 heteroatoms. The number of aliphatic carboxylic acids is 1. The smallest absolute Gasteiger partial charge is 0.306 e. The lowest BCUT2D eigenvalue weighted by Gasteiger charge is -2.02. The second-order valence-corrected chi connectivity index (χ2v) is 6.58. The second-order valence-electron chi connectivity index (χ2n) is 4.56. The summed E-state index contributed by atoms with van der Waals surface area (Å²) in [5, 5.41) is 8.77. The van der Waals surface area contributed by atoms with Crippen LogP contribution in [0.1, 0.15) is 12.0 Å². The standard InChI is InChI=1S/C12H14O4S/c1-17(15,16)10-4-2-8(3-5-10)6-9-7-11(9)12(13)14/h2-5,9,11H,6-7H2,1H3,(H,13,14). The number of carboxylic acid groups (broad SMARTS) is 1. The third kappa shape index (κ3) is 2.85. The molecule has 0 bridgehead atoms. The number of hydrogen-bond acceptors (Lipinski definition) is 3. The molecule has 2 rings (SSSR count). The van der Waals surface area contributed by atoms with Gasteiger partial charge in [0, 0.05) is 6.26 Å². The fraction of sp³-hybridized carbons (Fsp3) is 0.417. The summed E-state index contributed by atoms with van der Waals surface area (Å²) < 4.78 is 22.5. The van der Waals surface area contributed by atoms with Crippen molar-refractivity contribution in [2.24, 2.45) is 11.8 Å². The van der Waals surface area contributed by atoms with Crippen molar-refractivity contribution in [1.82, 2.24) is 0 Å². The van der Waals surface area contributed by atoms with Crippen molar-refractivity contribution < 1.29 is 18.3 Å². The predicted molar refractivity (Wildman–Crippen MR) is 62.5 cm³/mol. The van der Waals surface area contributed by atoms with Gasteiger partial charge in [0.05, 0.1) is 10.8 Å². The van der Waals surface area contributed by atoms with E-state index in [9.17, 15) is 13.2 Å². The molecule has 17 heavy (non-hydrogen) atoms. The van der Waals surface area contributed by atoms with Gasteiger partial charge in [-0.15, -0.1) is 0 Å². The molecule has 0 aliphatic heterocycles. The van der Waals surface area contributed by atoms with E-state index in [0.717, 1.165) is 12.0 Å². The molecule has 1 aliphatic rings. The maximum Gasteiger partial charge on any atom is 0.306 e. The molecule has 1 aliphatic carbocycles. The molecular formula is C12H14O4S. The van der Waals surface area contributed by atoms with Crippen LogP contribution in [0.3, 0.4) is 0 Å². The van der Waals surface area contributed by atoms with E-state index in [2.05, 4.69) is 0 Å². The Kier molecular flexibility index (Phi) is 2.95. The highest BCUT2D eigenvalue weighted by Gasteiger charge is 2.42. The van der Waals surface area contributed by atoms with Crippen molar-refractivity contribution in [1.29, 1.82) is 0 Å². The first kappa shape index (κ1) is 12.1. The van der Waals surface area contributed by atoms with E-state index in [0.29, 0.717) is 11.3 Å². The maximum absolute atomic E-state index is 11.2. The molecule has 1 fully saturated rings. The lowest BCUT2D eigenvalue weighted by Crippen LogP contribution is -2.01. The van der Waals surface area contributed by atoms with Gasteiger partial charge in [-0.25, -0.2) is 8.42 Å². The summed E-state index contributed by atoms with van der Waals surface area (Å²) in [6.07, 6.45) is 2.60. The molecule has 2 atom stereocenters. The minimum atomic E-state index is -3.15.